The molecule has 0 saturated heterocycles. The van der Waals surface area contributed by atoms with Crippen LogP contribution >= 0.6 is 11.6 Å². The van der Waals surface area contributed by atoms with E-state index in [0.29, 0.717) is 18.1 Å². The van der Waals surface area contributed by atoms with Crippen LogP contribution in [0.4, 0.5) is 0 Å². The van der Waals surface area contributed by atoms with E-state index in [2.05, 4.69) is 18.3 Å². The molecule has 2 saturated carbocycles. The Labute approximate surface area is 133 Å². The van der Waals surface area contributed by atoms with Gasteiger partial charge in [0.25, 0.3) is 0 Å². The molecule has 1 N–H and O–H groups in total. The first-order valence-corrected chi connectivity index (χ1v) is 8.83. The molecule has 0 heterocycles. The number of ether oxygens (including phenoxy) is 1. The number of hydrogen-bond acceptors (Lipinski definition) is 2. The van der Waals surface area contributed by atoms with Crippen molar-refractivity contribution in [2.45, 2.75) is 70.6 Å². The van der Waals surface area contributed by atoms with E-state index in [9.17, 15) is 0 Å². The van der Waals surface area contributed by atoms with Crippen LogP contribution in [0.15, 0.2) is 18.2 Å². The summed E-state index contributed by atoms with van der Waals surface area (Å²) in [4.78, 5) is 0. The zero-order valence-corrected chi connectivity index (χ0v) is 13.7. The molecule has 0 radical (unpaired) electrons. The molecule has 0 spiro atoms. The second kappa shape index (κ2) is 7.02. The predicted molar refractivity (Wildman–Crippen MR) is 88.0 cm³/mol. The van der Waals surface area contributed by atoms with Crippen LogP contribution in [-0.4, -0.2) is 12.1 Å². The van der Waals surface area contributed by atoms with Crippen LogP contribution in [0.5, 0.6) is 5.75 Å². The fourth-order valence-electron chi connectivity index (χ4n) is 3.31. The van der Waals surface area contributed by atoms with Gasteiger partial charge in [0.1, 0.15) is 11.9 Å². The summed E-state index contributed by atoms with van der Waals surface area (Å²) in [7, 11) is 0. The summed E-state index contributed by atoms with van der Waals surface area (Å²) in [6.07, 6.45) is 9.22. The van der Waals surface area contributed by atoms with Gasteiger partial charge in [-0.25, -0.2) is 0 Å². The Hall–Kier alpha value is -0.730. The molecule has 2 aliphatic rings. The van der Waals surface area contributed by atoms with Crippen molar-refractivity contribution in [3.63, 3.8) is 0 Å². The van der Waals surface area contributed by atoms with Gasteiger partial charge in [0, 0.05) is 18.2 Å². The number of benzene rings is 1. The van der Waals surface area contributed by atoms with Gasteiger partial charge in [-0.1, -0.05) is 37.1 Å². The fourth-order valence-corrected chi connectivity index (χ4v) is 3.55. The molecule has 3 rings (SSSR count). The molecular weight excluding hydrogens is 282 g/mol. The maximum Gasteiger partial charge on any atom is 0.142 e. The highest BCUT2D eigenvalue weighted by atomic mass is 35.5. The van der Waals surface area contributed by atoms with Crippen LogP contribution in [0.3, 0.4) is 0 Å². The van der Waals surface area contributed by atoms with Gasteiger partial charge < -0.3 is 10.1 Å². The molecule has 116 valence electrons. The molecule has 0 bridgehead atoms. The molecule has 2 aliphatic carbocycles. The molecule has 3 heteroatoms. The van der Waals surface area contributed by atoms with Crippen molar-refractivity contribution in [2.75, 3.05) is 0 Å². The summed E-state index contributed by atoms with van der Waals surface area (Å²) >= 11 is 6.42. The molecule has 2 atom stereocenters. The van der Waals surface area contributed by atoms with Crippen LogP contribution in [0.25, 0.3) is 0 Å². The maximum absolute atomic E-state index is 6.42. The van der Waals surface area contributed by atoms with Crippen molar-refractivity contribution in [3.8, 4) is 5.75 Å². The largest absolute Gasteiger partial charge is 0.488 e. The maximum atomic E-state index is 6.42. The van der Waals surface area contributed by atoms with Crippen molar-refractivity contribution in [1.29, 1.82) is 0 Å². The van der Waals surface area contributed by atoms with Crippen molar-refractivity contribution in [1.82, 2.24) is 5.32 Å². The van der Waals surface area contributed by atoms with Crippen molar-refractivity contribution >= 4 is 11.6 Å². The van der Waals surface area contributed by atoms with Crippen LogP contribution < -0.4 is 10.1 Å². The lowest BCUT2D eigenvalue weighted by atomic mass is 9.84. The smallest absolute Gasteiger partial charge is 0.142 e. The Balaban J connectivity index is 1.72. The number of nitrogens with one attached hydrogen (secondary N) is 1. The Morgan fingerprint density at radius 2 is 2.00 bits per heavy atom. The molecule has 2 nitrogen and oxygen atoms in total. The van der Waals surface area contributed by atoms with Gasteiger partial charge in [0.05, 0.1) is 5.02 Å². The molecule has 1 aromatic rings. The Kier molecular flexibility index (Phi) is 5.07. The Morgan fingerprint density at radius 3 is 2.76 bits per heavy atom. The number of hydrogen-bond donors (Lipinski definition) is 1. The minimum atomic E-state index is 0.336. The summed E-state index contributed by atoms with van der Waals surface area (Å²) in [5.74, 6) is 1.59. The average molecular weight is 308 g/mol. The lowest BCUT2D eigenvalue weighted by Crippen LogP contribution is -2.30. The number of para-hydroxylation sites is 1. The normalized spacial score (nSPS) is 25.8. The summed E-state index contributed by atoms with van der Waals surface area (Å²) in [5.41, 5.74) is 1.20. The molecule has 1 aromatic carbocycles. The summed E-state index contributed by atoms with van der Waals surface area (Å²) in [5, 5.41) is 4.32. The van der Waals surface area contributed by atoms with E-state index < -0.39 is 0 Å². The van der Waals surface area contributed by atoms with Crippen LogP contribution in [0.2, 0.25) is 5.02 Å². The molecule has 21 heavy (non-hydrogen) atoms. The lowest BCUT2D eigenvalue weighted by Gasteiger charge is -2.32. The summed E-state index contributed by atoms with van der Waals surface area (Å²) < 4.78 is 6.40. The SMILES string of the molecule is CCC1CCCCC1Oc1c(Cl)cccc1CNC1CC1. The molecule has 0 aromatic heterocycles. The third kappa shape index (κ3) is 3.92. The van der Waals surface area contributed by atoms with Crippen LogP contribution in [-0.2, 0) is 6.54 Å². The quantitative estimate of drug-likeness (QED) is 0.803. The van der Waals surface area contributed by atoms with Crippen molar-refractivity contribution in [3.05, 3.63) is 28.8 Å². The average Bonchev–Trinajstić information content (AvgIpc) is 3.32. The van der Waals surface area contributed by atoms with Crippen molar-refractivity contribution < 1.29 is 4.74 Å². The van der Waals surface area contributed by atoms with Gasteiger partial charge in [0.2, 0.25) is 0 Å². The summed E-state index contributed by atoms with van der Waals surface area (Å²) in [6, 6.07) is 6.81. The first-order valence-electron chi connectivity index (χ1n) is 8.45. The Bertz CT molecular complexity index is 472. The summed E-state index contributed by atoms with van der Waals surface area (Å²) in [6.45, 7) is 3.14. The standard InChI is InChI=1S/C18H26ClNO/c1-2-13-6-3-4-9-17(13)21-18-14(7-5-8-16(18)19)12-20-15-10-11-15/h5,7-8,13,15,17,20H,2-4,6,9-12H2,1H3. The number of rotatable bonds is 6. The van der Waals surface area contributed by atoms with Gasteiger partial charge in [-0.05, 0) is 50.5 Å². The first-order chi connectivity index (χ1) is 10.3. The minimum absolute atomic E-state index is 0.336. The van der Waals surface area contributed by atoms with Gasteiger partial charge >= 0.3 is 0 Å². The minimum Gasteiger partial charge on any atom is -0.488 e. The monoisotopic (exact) mass is 307 g/mol. The number of halogens is 1. The zero-order chi connectivity index (χ0) is 14.7. The first kappa shape index (κ1) is 15.2. The van der Waals surface area contributed by atoms with E-state index in [1.165, 1.54) is 50.5 Å². The highest BCUT2D eigenvalue weighted by molar-refractivity contribution is 6.32. The van der Waals surface area contributed by atoms with Crippen molar-refractivity contribution in [2.24, 2.45) is 5.92 Å². The van der Waals surface area contributed by atoms with Gasteiger partial charge in [-0.15, -0.1) is 0 Å². The zero-order valence-electron chi connectivity index (χ0n) is 12.9. The highest BCUT2D eigenvalue weighted by Gasteiger charge is 2.27. The third-order valence-corrected chi connectivity index (χ3v) is 5.14. The second-order valence-electron chi connectivity index (χ2n) is 6.49. The highest BCUT2D eigenvalue weighted by Crippen LogP contribution is 2.35. The molecular formula is C18H26ClNO. The van der Waals surface area contributed by atoms with E-state index in [1.807, 2.05) is 12.1 Å². The predicted octanol–water partition coefficient (Wildman–Crippen LogP) is 4.94. The topological polar surface area (TPSA) is 21.3 Å². The Morgan fingerprint density at radius 1 is 1.19 bits per heavy atom. The van der Waals surface area contributed by atoms with E-state index in [0.717, 1.165) is 17.3 Å². The third-order valence-electron chi connectivity index (χ3n) is 4.84. The van der Waals surface area contributed by atoms with Gasteiger partial charge in [-0.2, -0.15) is 0 Å². The molecule has 0 aliphatic heterocycles. The molecule has 2 unspecified atom stereocenters. The van der Waals surface area contributed by atoms with Gasteiger partial charge in [0.15, 0.2) is 0 Å². The molecule has 2 fully saturated rings. The van der Waals surface area contributed by atoms with Crippen LogP contribution in [0.1, 0.15) is 57.4 Å². The fraction of sp³-hybridized carbons (Fsp3) is 0.667. The second-order valence-corrected chi connectivity index (χ2v) is 6.90. The molecule has 0 amide bonds. The lowest BCUT2D eigenvalue weighted by molar-refractivity contribution is 0.0894. The van der Waals surface area contributed by atoms with E-state index in [-0.39, 0.29) is 0 Å². The van der Waals surface area contributed by atoms with E-state index >= 15 is 0 Å². The van der Waals surface area contributed by atoms with E-state index in [4.69, 9.17) is 16.3 Å². The van der Waals surface area contributed by atoms with Crippen LogP contribution in [0, 0.1) is 5.92 Å². The van der Waals surface area contributed by atoms with E-state index in [1.54, 1.807) is 0 Å². The van der Waals surface area contributed by atoms with Gasteiger partial charge in [-0.3, -0.25) is 0 Å².